The second kappa shape index (κ2) is 7.21. The van der Waals surface area contributed by atoms with E-state index in [2.05, 4.69) is 10.3 Å². The lowest BCUT2D eigenvalue weighted by atomic mass is 10.0. The maximum Gasteiger partial charge on any atom is 0.221 e. The van der Waals surface area contributed by atoms with Crippen LogP contribution in [-0.4, -0.2) is 10.9 Å². The molecule has 1 aromatic carbocycles. The zero-order valence-electron chi connectivity index (χ0n) is 12.7. The van der Waals surface area contributed by atoms with Gasteiger partial charge >= 0.3 is 0 Å². The van der Waals surface area contributed by atoms with E-state index in [1.807, 2.05) is 48.5 Å². The quantitative estimate of drug-likeness (QED) is 0.909. The van der Waals surface area contributed by atoms with Crippen LogP contribution in [0.5, 0.6) is 0 Å². The third kappa shape index (κ3) is 3.73. The molecule has 1 fully saturated rings. The van der Waals surface area contributed by atoms with Crippen molar-refractivity contribution in [2.24, 2.45) is 5.92 Å². The summed E-state index contributed by atoms with van der Waals surface area (Å²) in [6.07, 6.45) is 7.31. The van der Waals surface area contributed by atoms with Crippen molar-refractivity contribution in [3.05, 3.63) is 66.0 Å². The first-order valence-electron chi connectivity index (χ1n) is 8.08. The van der Waals surface area contributed by atoms with Crippen LogP contribution in [0.1, 0.15) is 49.4 Å². The standard InChI is InChI=1S/C19H22N2O/c22-18(14-15-8-4-5-9-15)21-19(16-10-2-1-3-11-16)17-12-6-7-13-20-17/h1-3,6-7,10-13,15,19H,4-5,8-9,14H2,(H,21,22)/t19-/m1/s1. The van der Waals surface area contributed by atoms with Crippen LogP contribution in [-0.2, 0) is 4.79 Å². The predicted molar refractivity (Wildman–Crippen MR) is 87.2 cm³/mol. The summed E-state index contributed by atoms with van der Waals surface area (Å²) in [5.74, 6) is 0.687. The molecule has 1 amide bonds. The molecule has 1 aliphatic rings. The molecule has 1 aromatic heterocycles. The van der Waals surface area contributed by atoms with Crippen molar-refractivity contribution in [1.82, 2.24) is 10.3 Å². The largest absolute Gasteiger partial charge is 0.344 e. The number of rotatable bonds is 5. The summed E-state index contributed by atoms with van der Waals surface area (Å²) >= 11 is 0. The van der Waals surface area contributed by atoms with Crippen molar-refractivity contribution in [2.45, 2.75) is 38.1 Å². The zero-order chi connectivity index (χ0) is 15.2. The Morgan fingerprint density at radius 3 is 2.50 bits per heavy atom. The molecule has 0 aliphatic heterocycles. The summed E-state index contributed by atoms with van der Waals surface area (Å²) in [6, 6.07) is 15.7. The SMILES string of the molecule is O=C(CC1CCCC1)N[C@H](c1ccccc1)c1ccccn1. The van der Waals surface area contributed by atoms with Gasteiger partial charge in [0, 0.05) is 12.6 Å². The summed E-state index contributed by atoms with van der Waals surface area (Å²) in [4.78, 5) is 16.8. The highest BCUT2D eigenvalue weighted by molar-refractivity contribution is 5.77. The first-order valence-corrected chi connectivity index (χ1v) is 8.08. The average Bonchev–Trinajstić information content (AvgIpc) is 3.07. The second-order valence-electron chi connectivity index (χ2n) is 6.02. The summed E-state index contributed by atoms with van der Waals surface area (Å²) in [7, 11) is 0. The molecule has 0 unspecified atom stereocenters. The molecule has 114 valence electrons. The molecule has 1 atom stereocenters. The summed E-state index contributed by atoms with van der Waals surface area (Å²) in [6.45, 7) is 0. The predicted octanol–water partition coefficient (Wildman–Crippen LogP) is 3.87. The van der Waals surface area contributed by atoms with Crippen LogP contribution in [0, 0.1) is 5.92 Å². The third-order valence-corrected chi connectivity index (χ3v) is 4.37. The first kappa shape index (κ1) is 14.8. The van der Waals surface area contributed by atoms with E-state index in [1.54, 1.807) is 6.20 Å². The van der Waals surface area contributed by atoms with Crippen molar-refractivity contribution in [1.29, 1.82) is 0 Å². The lowest BCUT2D eigenvalue weighted by molar-refractivity contribution is -0.122. The lowest BCUT2D eigenvalue weighted by Gasteiger charge is -2.20. The number of hydrogen-bond donors (Lipinski definition) is 1. The molecule has 1 heterocycles. The van der Waals surface area contributed by atoms with E-state index < -0.39 is 0 Å². The number of amides is 1. The zero-order valence-corrected chi connectivity index (χ0v) is 12.7. The molecule has 1 aliphatic carbocycles. The normalized spacial score (nSPS) is 16.4. The van der Waals surface area contributed by atoms with E-state index >= 15 is 0 Å². The van der Waals surface area contributed by atoms with E-state index in [0.29, 0.717) is 12.3 Å². The summed E-state index contributed by atoms with van der Waals surface area (Å²) in [5.41, 5.74) is 1.95. The Bertz CT molecular complexity index is 552. The summed E-state index contributed by atoms with van der Waals surface area (Å²) < 4.78 is 0. The van der Waals surface area contributed by atoms with Crippen molar-refractivity contribution < 1.29 is 4.79 Å². The molecule has 1 N–H and O–H groups in total. The first-order chi connectivity index (χ1) is 10.8. The molecular weight excluding hydrogens is 272 g/mol. The van der Waals surface area contributed by atoms with Crippen molar-refractivity contribution in [3.63, 3.8) is 0 Å². The van der Waals surface area contributed by atoms with Crippen LogP contribution in [0.15, 0.2) is 54.7 Å². The van der Waals surface area contributed by atoms with Crippen LogP contribution in [0.4, 0.5) is 0 Å². The monoisotopic (exact) mass is 294 g/mol. The average molecular weight is 294 g/mol. The number of hydrogen-bond acceptors (Lipinski definition) is 2. The Labute approximate surface area is 131 Å². The van der Waals surface area contributed by atoms with Gasteiger partial charge in [0.15, 0.2) is 0 Å². The van der Waals surface area contributed by atoms with Crippen LogP contribution in [0.2, 0.25) is 0 Å². The Morgan fingerprint density at radius 1 is 1.09 bits per heavy atom. The summed E-state index contributed by atoms with van der Waals surface area (Å²) in [5, 5.41) is 3.18. The number of carbonyl (C=O) groups excluding carboxylic acids is 1. The molecular formula is C19H22N2O. The topological polar surface area (TPSA) is 42.0 Å². The maximum absolute atomic E-state index is 12.4. The molecule has 0 radical (unpaired) electrons. The van der Waals surface area contributed by atoms with Gasteiger partial charge in [-0.2, -0.15) is 0 Å². The van der Waals surface area contributed by atoms with E-state index in [4.69, 9.17) is 0 Å². The van der Waals surface area contributed by atoms with Crippen molar-refractivity contribution in [2.75, 3.05) is 0 Å². The van der Waals surface area contributed by atoms with Gasteiger partial charge in [0.1, 0.15) is 0 Å². The van der Waals surface area contributed by atoms with Gasteiger partial charge in [-0.15, -0.1) is 0 Å². The highest BCUT2D eigenvalue weighted by atomic mass is 16.1. The fourth-order valence-corrected chi connectivity index (χ4v) is 3.22. The molecule has 0 bridgehead atoms. The number of aromatic nitrogens is 1. The van der Waals surface area contributed by atoms with Gasteiger partial charge in [0.05, 0.1) is 11.7 Å². The van der Waals surface area contributed by atoms with Gasteiger partial charge in [0.2, 0.25) is 5.91 Å². The Balaban J connectivity index is 1.75. The van der Waals surface area contributed by atoms with E-state index in [1.165, 1.54) is 25.7 Å². The Morgan fingerprint density at radius 2 is 1.82 bits per heavy atom. The molecule has 3 nitrogen and oxygen atoms in total. The minimum Gasteiger partial charge on any atom is -0.344 e. The van der Waals surface area contributed by atoms with Gasteiger partial charge in [-0.05, 0) is 36.5 Å². The van der Waals surface area contributed by atoms with E-state index in [0.717, 1.165) is 11.3 Å². The van der Waals surface area contributed by atoms with Gasteiger partial charge in [-0.1, -0.05) is 49.2 Å². The molecule has 22 heavy (non-hydrogen) atoms. The fraction of sp³-hybridized carbons (Fsp3) is 0.368. The lowest BCUT2D eigenvalue weighted by Crippen LogP contribution is -2.30. The molecule has 0 saturated heterocycles. The second-order valence-corrected chi connectivity index (χ2v) is 6.02. The highest BCUT2D eigenvalue weighted by Crippen LogP contribution is 2.28. The number of benzene rings is 1. The van der Waals surface area contributed by atoms with Crippen LogP contribution in [0.3, 0.4) is 0 Å². The Kier molecular flexibility index (Phi) is 4.84. The van der Waals surface area contributed by atoms with Crippen molar-refractivity contribution in [3.8, 4) is 0 Å². The minimum atomic E-state index is -0.170. The third-order valence-electron chi connectivity index (χ3n) is 4.37. The number of pyridine rings is 1. The van der Waals surface area contributed by atoms with Gasteiger partial charge < -0.3 is 5.32 Å². The van der Waals surface area contributed by atoms with Crippen LogP contribution in [0.25, 0.3) is 0 Å². The van der Waals surface area contributed by atoms with Crippen LogP contribution >= 0.6 is 0 Å². The van der Waals surface area contributed by atoms with E-state index in [9.17, 15) is 4.79 Å². The molecule has 0 spiro atoms. The maximum atomic E-state index is 12.4. The molecule has 1 saturated carbocycles. The molecule has 2 aromatic rings. The highest BCUT2D eigenvalue weighted by Gasteiger charge is 2.22. The van der Waals surface area contributed by atoms with E-state index in [-0.39, 0.29) is 11.9 Å². The number of nitrogens with zero attached hydrogens (tertiary/aromatic N) is 1. The Hall–Kier alpha value is -2.16. The van der Waals surface area contributed by atoms with Gasteiger partial charge in [-0.3, -0.25) is 9.78 Å². The fourth-order valence-electron chi connectivity index (χ4n) is 3.22. The van der Waals surface area contributed by atoms with Gasteiger partial charge in [0.25, 0.3) is 0 Å². The number of carbonyl (C=O) groups is 1. The smallest absolute Gasteiger partial charge is 0.221 e. The number of nitrogens with one attached hydrogen (secondary N) is 1. The van der Waals surface area contributed by atoms with Crippen LogP contribution < -0.4 is 5.32 Å². The molecule has 3 heteroatoms. The van der Waals surface area contributed by atoms with Crippen molar-refractivity contribution >= 4 is 5.91 Å². The molecule has 3 rings (SSSR count). The van der Waals surface area contributed by atoms with Gasteiger partial charge in [-0.25, -0.2) is 0 Å². The minimum absolute atomic E-state index is 0.131.